The summed E-state index contributed by atoms with van der Waals surface area (Å²) in [4.78, 5) is 21.7. The number of rotatable bonds is 1. The van der Waals surface area contributed by atoms with Crippen molar-refractivity contribution in [2.24, 2.45) is 0 Å². The van der Waals surface area contributed by atoms with Crippen molar-refractivity contribution in [2.75, 3.05) is 13.1 Å². The molecular formula is C16H19ClIN3O2. The molecule has 2 aromatic rings. The molecular weight excluding hydrogens is 429 g/mol. The van der Waals surface area contributed by atoms with E-state index in [4.69, 9.17) is 16.3 Å². The minimum atomic E-state index is -0.470. The summed E-state index contributed by atoms with van der Waals surface area (Å²) in [7, 11) is 0. The molecule has 0 aromatic carbocycles. The van der Waals surface area contributed by atoms with Crippen LogP contribution in [0.2, 0.25) is 5.02 Å². The van der Waals surface area contributed by atoms with Crippen molar-refractivity contribution in [3.8, 4) is 0 Å². The number of ether oxygens (including phenoxy) is 1. The molecule has 1 amide bonds. The quantitative estimate of drug-likeness (QED) is 0.653. The van der Waals surface area contributed by atoms with Crippen LogP contribution in [0.25, 0.3) is 11.0 Å². The number of fused-ring (bicyclic) bond motifs is 1. The highest BCUT2D eigenvalue weighted by Gasteiger charge is 2.33. The lowest BCUT2D eigenvalue weighted by Gasteiger charge is -2.24. The molecule has 0 saturated carbocycles. The smallest absolute Gasteiger partial charge is 0.410 e. The van der Waals surface area contributed by atoms with Gasteiger partial charge in [-0.3, -0.25) is 0 Å². The Kier molecular flexibility index (Phi) is 4.48. The number of halogens is 2. The fourth-order valence-corrected chi connectivity index (χ4v) is 4.07. The number of carbonyl (C=O) groups excluding carboxylic acids is 1. The first kappa shape index (κ1) is 16.8. The highest BCUT2D eigenvalue weighted by atomic mass is 127. The fraction of sp³-hybridized carbons (Fsp3) is 0.500. The number of pyridine rings is 1. The summed E-state index contributed by atoms with van der Waals surface area (Å²) in [6.45, 7) is 7.01. The van der Waals surface area contributed by atoms with Gasteiger partial charge in [-0.15, -0.1) is 0 Å². The largest absolute Gasteiger partial charge is 0.444 e. The summed E-state index contributed by atoms with van der Waals surface area (Å²) in [5, 5.41) is 1.66. The van der Waals surface area contributed by atoms with Gasteiger partial charge in [-0.05, 0) is 61.4 Å². The van der Waals surface area contributed by atoms with Crippen LogP contribution in [0, 0.1) is 3.70 Å². The van der Waals surface area contributed by atoms with Crippen molar-refractivity contribution >= 4 is 51.3 Å². The van der Waals surface area contributed by atoms with Gasteiger partial charge >= 0.3 is 6.09 Å². The van der Waals surface area contributed by atoms with Gasteiger partial charge in [0.1, 0.15) is 11.2 Å². The van der Waals surface area contributed by atoms with Gasteiger partial charge in [-0.25, -0.2) is 9.78 Å². The van der Waals surface area contributed by atoms with Crippen molar-refractivity contribution in [1.82, 2.24) is 14.9 Å². The highest BCUT2D eigenvalue weighted by Crippen LogP contribution is 2.36. The summed E-state index contributed by atoms with van der Waals surface area (Å²) in [5.74, 6) is 0.267. The maximum atomic E-state index is 12.2. The number of aromatic nitrogens is 2. The molecule has 1 N–H and O–H groups in total. The van der Waals surface area contributed by atoms with E-state index >= 15 is 0 Å². The van der Waals surface area contributed by atoms with Crippen molar-refractivity contribution in [3.63, 3.8) is 0 Å². The average molecular weight is 448 g/mol. The van der Waals surface area contributed by atoms with E-state index in [0.29, 0.717) is 18.1 Å². The minimum Gasteiger partial charge on any atom is -0.444 e. The zero-order valence-electron chi connectivity index (χ0n) is 13.3. The SMILES string of the molecule is CC(C)(C)OC(=O)N1CC[C@@H](c2c(I)[nH]c3ncc(Cl)cc23)C1. The second-order valence-electron chi connectivity index (χ2n) is 6.81. The molecule has 3 rings (SSSR count). The second kappa shape index (κ2) is 6.12. The lowest BCUT2D eigenvalue weighted by molar-refractivity contribution is 0.0292. The predicted octanol–water partition coefficient (Wildman–Crippen LogP) is 4.55. The van der Waals surface area contributed by atoms with Crippen LogP contribution < -0.4 is 0 Å². The first-order valence-corrected chi connectivity index (χ1v) is 9.01. The summed E-state index contributed by atoms with van der Waals surface area (Å²) < 4.78 is 6.53. The topological polar surface area (TPSA) is 58.2 Å². The molecule has 1 atom stereocenters. The second-order valence-corrected chi connectivity index (χ2v) is 8.33. The van der Waals surface area contributed by atoms with Crippen molar-refractivity contribution in [3.05, 3.63) is 26.5 Å². The molecule has 124 valence electrons. The Morgan fingerprint density at radius 2 is 2.26 bits per heavy atom. The van der Waals surface area contributed by atoms with E-state index in [9.17, 15) is 4.79 Å². The number of nitrogens with zero attached hydrogens (tertiary/aromatic N) is 2. The van der Waals surface area contributed by atoms with E-state index in [0.717, 1.165) is 21.2 Å². The van der Waals surface area contributed by atoms with Gasteiger partial charge < -0.3 is 14.6 Å². The van der Waals surface area contributed by atoms with Gasteiger partial charge in [0.25, 0.3) is 0 Å². The fourth-order valence-electron chi connectivity index (χ4n) is 2.92. The third-order valence-corrected chi connectivity index (χ3v) is 4.91. The highest BCUT2D eigenvalue weighted by molar-refractivity contribution is 14.1. The first-order chi connectivity index (χ1) is 10.7. The lowest BCUT2D eigenvalue weighted by atomic mass is 9.99. The number of carbonyl (C=O) groups is 1. The first-order valence-electron chi connectivity index (χ1n) is 7.55. The van der Waals surface area contributed by atoms with Crippen LogP contribution in [0.1, 0.15) is 38.7 Å². The zero-order chi connectivity index (χ0) is 16.8. The molecule has 1 fully saturated rings. The van der Waals surface area contributed by atoms with Crippen LogP contribution in [-0.4, -0.2) is 39.7 Å². The third-order valence-electron chi connectivity index (χ3n) is 3.86. The van der Waals surface area contributed by atoms with Gasteiger partial charge in [0.2, 0.25) is 0 Å². The Labute approximate surface area is 153 Å². The van der Waals surface area contributed by atoms with Gasteiger partial charge in [0, 0.05) is 30.6 Å². The van der Waals surface area contributed by atoms with E-state index in [2.05, 4.69) is 32.6 Å². The summed E-state index contributed by atoms with van der Waals surface area (Å²) in [6, 6.07) is 1.94. The number of hydrogen-bond acceptors (Lipinski definition) is 3. The molecule has 0 bridgehead atoms. The van der Waals surface area contributed by atoms with Gasteiger partial charge in [-0.1, -0.05) is 11.6 Å². The van der Waals surface area contributed by atoms with Gasteiger partial charge in [0.15, 0.2) is 0 Å². The Balaban J connectivity index is 1.83. The molecule has 0 spiro atoms. The minimum absolute atomic E-state index is 0.244. The number of amides is 1. The van der Waals surface area contributed by atoms with Crippen LogP contribution in [-0.2, 0) is 4.74 Å². The molecule has 0 aliphatic carbocycles. The normalized spacial score (nSPS) is 18.7. The molecule has 2 aromatic heterocycles. The number of aromatic amines is 1. The number of likely N-dealkylation sites (tertiary alicyclic amines) is 1. The third kappa shape index (κ3) is 3.57. The molecule has 1 aliphatic rings. The van der Waals surface area contributed by atoms with Crippen molar-refractivity contribution in [1.29, 1.82) is 0 Å². The standard InChI is InChI=1S/C16H19ClIN3O2/c1-16(2,3)23-15(22)21-5-4-9(8-21)12-11-6-10(17)7-19-14(11)20-13(12)18/h6-7,9H,4-5,8H2,1-3H3,(H,19,20)/t9-/m1/s1. The van der Waals surface area contributed by atoms with E-state index in [-0.39, 0.29) is 12.0 Å². The summed E-state index contributed by atoms with van der Waals surface area (Å²) in [6.07, 6.45) is 2.31. The van der Waals surface area contributed by atoms with Gasteiger partial charge in [0.05, 0.1) is 8.72 Å². The van der Waals surface area contributed by atoms with E-state index < -0.39 is 5.60 Å². The maximum Gasteiger partial charge on any atom is 0.410 e. The summed E-state index contributed by atoms with van der Waals surface area (Å²) in [5.41, 5.74) is 1.56. The molecule has 23 heavy (non-hydrogen) atoms. The number of nitrogens with one attached hydrogen (secondary N) is 1. The predicted molar refractivity (Wildman–Crippen MR) is 99.0 cm³/mol. The van der Waals surface area contributed by atoms with Crippen LogP contribution in [0.4, 0.5) is 4.79 Å². The molecule has 1 aliphatic heterocycles. The summed E-state index contributed by atoms with van der Waals surface area (Å²) >= 11 is 8.38. The van der Waals surface area contributed by atoms with Crippen molar-refractivity contribution in [2.45, 2.75) is 38.7 Å². The molecule has 5 nitrogen and oxygen atoms in total. The lowest BCUT2D eigenvalue weighted by Crippen LogP contribution is -2.35. The number of hydrogen-bond donors (Lipinski definition) is 1. The maximum absolute atomic E-state index is 12.2. The average Bonchev–Trinajstić information content (AvgIpc) is 3.00. The van der Waals surface area contributed by atoms with E-state index in [1.807, 2.05) is 26.8 Å². The zero-order valence-corrected chi connectivity index (χ0v) is 16.2. The van der Waals surface area contributed by atoms with Crippen LogP contribution in [0.5, 0.6) is 0 Å². The molecule has 0 unspecified atom stereocenters. The molecule has 0 radical (unpaired) electrons. The van der Waals surface area contributed by atoms with Crippen LogP contribution >= 0.6 is 34.2 Å². The molecule has 1 saturated heterocycles. The Morgan fingerprint density at radius 3 is 2.96 bits per heavy atom. The van der Waals surface area contributed by atoms with E-state index in [1.165, 1.54) is 5.56 Å². The number of H-pyrrole nitrogens is 1. The Hall–Kier alpha value is -1.02. The molecule has 7 heteroatoms. The Morgan fingerprint density at radius 1 is 1.52 bits per heavy atom. The van der Waals surface area contributed by atoms with E-state index in [1.54, 1.807) is 11.1 Å². The van der Waals surface area contributed by atoms with Crippen LogP contribution in [0.3, 0.4) is 0 Å². The van der Waals surface area contributed by atoms with Gasteiger partial charge in [-0.2, -0.15) is 0 Å². The Bertz CT molecular complexity index is 754. The van der Waals surface area contributed by atoms with Crippen LogP contribution in [0.15, 0.2) is 12.3 Å². The monoisotopic (exact) mass is 447 g/mol. The van der Waals surface area contributed by atoms with Crippen molar-refractivity contribution < 1.29 is 9.53 Å². The molecule has 3 heterocycles.